The number of nitrogens with zero attached hydrogens (tertiary/aromatic N) is 1. The van der Waals surface area contributed by atoms with Crippen molar-refractivity contribution in [2.45, 2.75) is 25.8 Å². The average Bonchev–Trinajstić information content (AvgIpc) is 2.25. The van der Waals surface area contributed by atoms with E-state index in [0.29, 0.717) is 6.04 Å². The van der Waals surface area contributed by atoms with Gasteiger partial charge >= 0.3 is 0 Å². The van der Waals surface area contributed by atoms with Gasteiger partial charge in [-0.3, -0.25) is 4.98 Å². The number of hydrogen-bond acceptors (Lipinski definition) is 2. The first-order valence-electron chi connectivity index (χ1n) is 5.11. The normalized spacial score (nSPS) is 12.4. The van der Waals surface area contributed by atoms with Crippen LogP contribution in [0.3, 0.4) is 0 Å². The minimum Gasteiger partial charge on any atom is -0.311 e. The predicted octanol–water partition coefficient (Wildman–Crippen LogP) is 2.18. The fraction of sp³-hybridized carbons (Fsp3) is 0.417. The van der Waals surface area contributed by atoms with Gasteiger partial charge in [-0.2, -0.15) is 0 Å². The van der Waals surface area contributed by atoms with Gasteiger partial charge in [-0.25, -0.2) is 0 Å². The van der Waals surface area contributed by atoms with Crippen LogP contribution < -0.4 is 5.32 Å². The molecule has 0 saturated heterocycles. The SMILES string of the molecule is C=CC(CCc1ccncc1)NCC. The van der Waals surface area contributed by atoms with Crippen molar-refractivity contribution in [1.82, 2.24) is 10.3 Å². The van der Waals surface area contributed by atoms with E-state index >= 15 is 0 Å². The Bertz CT molecular complexity index is 256. The largest absolute Gasteiger partial charge is 0.311 e. The van der Waals surface area contributed by atoms with Gasteiger partial charge in [-0.15, -0.1) is 6.58 Å². The Labute approximate surface area is 86.1 Å². The molecule has 1 rings (SSSR count). The zero-order chi connectivity index (χ0) is 10.2. The first-order chi connectivity index (χ1) is 6.86. The third-order valence-corrected chi connectivity index (χ3v) is 2.24. The van der Waals surface area contributed by atoms with Crippen LogP contribution in [-0.2, 0) is 6.42 Å². The van der Waals surface area contributed by atoms with Crippen LogP contribution in [0.4, 0.5) is 0 Å². The molecule has 1 atom stereocenters. The van der Waals surface area contributed by atoms with Crippen LogP contribution >= 0.6 is 0 Å². The van der Waals surface area contributed by atoms with Crippen LogP contribution in [0.15, 0.2) is 37.2 Å². The molecule has 2 nitrogen and oxygen atoms in total. The third-order valence-electron chi connectivity index (χ3n) is 2.24. The molecule has 1 unspecified atom stereocenters. The van der Waals surface area contributed by atoms with Crippen molar-refractivity contribution in [1.29, 1.82) is 0 Å². The van der Waals surface area contributed by atoms with E-state index in [1.54, 1.807) is 0 Å². The van der Waals surface area contributed by atoms with Gasteiger partial charge in [0.2, 0.25) is 0 Å². The third kappa shape index (κ3) is 3.71. The summed E-state index contributed by atoms with van der Waals surface area (Å²) in [6, 6.07) is 4.55. The summed E-state index contributed by atoms with van der Waals surface area (Å²) >= 11 is 0. The minimum absolute atomic E-state index is 0.424. The van der Waals surface area contributed by atoms with Gasteiger partial charge in [-0.05, 0) is 37.1 Å². The summed E-state index contributed by atoms with van der Waals surface area (Å²) in [4.78, 5) is 3.99. The van der Waals surface area contributed by atoms with Gasteiger partial charge in [-0.1, -0.05) is 13.0 Å². The topological polar surface area (TPSA) is 24.9 Å². The molecule has 0 saturated carbocycles. The van der Waals surface area contributed by atoms with Crippen LogP contribution in [0.25, 0.3) is 0 Å². The number of aryl methyl sites for hydroxylation is 1. The molecule has 0 aliphatic heterocycles. The number of rotatable bonds is 6. The van der Waals surface area contributed by atoms with Crippen molar-refractivity contribution in [3.63, 3.8) is 0 Å². The number of aromatic nitrogens is 1. The number of likely N-dealkylation sites (N-methyl/N-ethyl adjacent to an activating group) is 1. The summed E-state index contributed by atoms with van der Waals surface area (Å²) in [5.41, 5.74) is 1.34. The van der Waals surface area contributed by atoms with E-state index in [-0.39, 0.29) is 0 Å². The van der Waals surface area contributed by atoms with Crippen molar-refractivity contribution in [2.75, 3.05) is 6.54 Å². The maximum atomic E-state index is 3.99. The molecule has 14 heavy (non-hydrogen) atoms. The highest BCUT2D eigenvalue weighted by Gasteiger charge is 2.01. The smallest absolute Gasteiger partial charge is 0.0270 e. The van der Waals surface area contributed by atoms with Crippen molar-refractivity contribution < 1.29 is 0 Å². The molecule has 0 amide bonds. The molecule has 76 valence electrons. The molecule has 0 aromatic carbocycles. The monoisotopic (exact) mass is 190 g/mol. The van der Waals surface area contributed by atoms with E-state index in [0.717, 1.165) is 19.4 Å². The molecule has 1 heterocycles. The Balaban J connectivity index is 2.35. The number of hydrogen-bond donors (Lipinski definition) is 1. The van der Waals surface area contributed by atoms with E-state index in [9.17, 15) is 0 Å². The fourth-order valence-electron chi connectivity index (χ4n) is 1.44. The maximum Gasteiger partial charge on any atom is 0.0270 e. The molecule has 0 spiro atoms. The molecule has 0 aliphatic rings. The van der Waals surface area contributed by atoms with E-state index in [2.05, 4.69) is 35.9 Å². The van der Waals surface area contributed by atoms with Gasteiger partial charge in [0, 0.05) is 18.4 Å². The lowest BCUT2D eigenvalue weighted by Crippen LogP contribution is -2.26. The fourth-order valence-corrected chi connectivity index (χ4v) is 1.44. The van der Waals surface area contributed by atoms with Gasteiger partial charge in [0.25, 0.3) is 0 Å². The summed E-state index contributed by atoms with van der Waals surface area (Å²) in [5, 5.41) is 3.37. The van der Waals surface area contributed by atoms with Crippen LogP contribution in [0.1, 0.15) is 18.9 Å². The van der Waals surface area contributed by atoms with Crippen molar-refractivity contribution >= 4 is 0 Å². The molecule has 1 aromatic rings. The summed E-state index contributed by atoms with van der Waals surface area (Å²) in [6.07, 6.45) is 7.83. The summed E-state index contributed by atoms with van der Waals surface area (Å²) in [7, 11) is 0. The molecule has 0 bridgehead atoms. The van der Waals surface area contributed by atoms with Crippen LogP contribution in [0.2, 0.25) is 0 Å². The Morgan fingerprint density at radius 2 is 2.21 bits per heavy atom. The highest BCUT2D eigenvalue weighted by atomic mass is 14.9. The molecule has 1 aromatic heterocycles. The first-order valence-corrected chi connectivity index (χ1v) is 5.11. The minimum atomic E-state index is 0.424. The summed E-state index contributed by atoms with van der Waals surface area (Å²) in [6.45, 7) is 6.92. The quantitative estimate of drug-likeness (QED) is 0.695. The molecule has 0 radical (unpaired) electrons. The van der Waals surface area contributed by atoms with Crippen LogP contribution in [0, 0.1) is 0 Å². The summed E-state index contributed by atoms with van der Waals surface area (Å²) < 4.78 is 0. The predicted molar refractivity (Wildman–Crippen MR) is 60.2 cm³/mol. The second kappa shape index (κ2) is 6.33. The molecule has 2 heteroatoms. The van der Waals surface area contributed by atoms with E-state index in [4.69, 9.17) is 0 Å². The number of nitrogens with one attached hydrogen (secondary N) is 1. The Hall–Kier alpha value is -1.15. The molecular formula is C12H18N2. The lowest BCUT2D eigenvalue weighted by atomic mass is 10.1. The van der Waals surface area contributed by atoms with Gasteiger partial charge in [0.05, 0.1) is 0 Å². The van der Waals surface area contributed by atoms with Crippen LogP contribution in [0.5, 0.6) is 0 Å². The Kier molecular flexibility index (Phi) is 4.94. The zero-order valence-electron chi connectivity index (χ0n) is 8.74. The first kappa shape index (κ1) is 10.9. The molecule has 1 N–H and O–H groups in total. The van der Waals surface area contributed by atoms with Gasteiger partial charge in [0.15, 0.2) is 0 Å². The van der Waals surface area contributed by atoms with Crippen molar-refractivity contribution in [3.05, 3.63) is 42.7 Å². The van der Waals surface area contributed by atoms with E-state index < -0.39 is 0 Å². The lowest BCUT2D eigenvalue weighted by Gasteiger charge is -2.12. The lowest BCUT2D eigenvalue weighted by molar-refractivity contribution is 0.575. The summed E-state index contributed by atoms with van der Waals surface area (Å²) in [5.74, 6) is 0. The maximum absolute atomic E-state index is 3.99. The van der Waals surface area contributed by atoms with Crippen molar-refractivity contribution in [2.24, 2.45) is 0 Å². The molecule has 0 aliphatic carbocycles. The van der Waals surface area contributed by atoms with Gasteiger partial charge < -0.3 is 5.32 Å². The average molecular weight is 190 g/mol. The zero-order valence-corrected chi connectivity index (χ0v) is 8.74. The highest BCUT2D eigenvalue weighted by Crippen LogP contribution is 2.04. The Morgan fingerprint density at radius 1 is 1.50 bits per heavy atom. The second-order valence-electron chi connectivity index (χ2n) is 3.29. The highest BCUT2D eigenvalue weighted by molar-refractivity contribution is 5.10. The van der Waals surface area contributed by atoms with Crippen molar-refractivity contribution in [3.8, 4) is 0 Å². The molecule has 0 fully saturated rings. The second-order valence-corrected chi connectivity index (χ2v) is 3.29. The van der Waals surface area contributed by atoms with E-state index in [1.165, 1.54) is 5.56 Å². The standard InChI is InChI=1S/C12H18N2/c1-3-12(14-4-2)6-5-11-7-9-13-10-8-11/h3,7-10,12,14H,1,4-6H2,2H3. The molecular weight excluding hydrogens is 172 g/mol. The Morgan fingerprint density at radius 3 is 2.79 bits per heavy atom. The number of pyridine rings is 1. The van der Waals surface area contributed by atoms with E-state index in [1.807, 2.05) is 18.5 Å². The van der Waals surface area contributed by atoms with Crippen LogP contribution in [-0.4, -0.2) is 17.6 Å². The van der Waals surface area contributed by atoms with Gasteiger partial charge in [0.1, 0.15) is 0 Å².